The minimum atomic E-state index is -4.43. The van der Waals surface area contributed by atoms with E-state index in [0.29, 0.717) is 29.7 Å². The topological polar surface area (TPSA) is 47.6 Å². The van der Waals surface area contributed by atoms with Gasteiger partial charge in [0.1, 0.15) is 0 Å². The summed E-state index contributed by atoms with van der Waals surface area (Å²) in [5.74, 6) is -0.134. The lowest BCUT2D eigenvalue weighted by atomic mass is 10.0. The molecule has 0 radical (unpaired) electrons. The number of methoxy groups -OCH3 is 1. The van der Waals surface area contributed by atoms with Gasteiger partial charge in [-0.05, 0) is 43.0 Å². The third-order valence-electron chi connectivity index (χ3n) is 3.08. The van der Waals surface area contributed by atoms with Crippen LogP contribution in [0.2, 0.25) is 0 Å². The molecule has 0 unspecified atom stereocenters. The molecule has 8 heteroatoms. The number of fused-ring (bicyclic) bond motifs is 1. The molecule has 0 saturated heterocycles. The third-order valence-corrected chi connectivity index (χ3v) is 3.48. The van der Waals surface area contributed by atoms with E-state index in [1.807, 2.05) is 4.89 Å². The van der Waals surface area contributed by atoms with Gasteiger partial charge in [0.15, 0.2) is 5.76 Å². The monoisotopic (exact) mass is 333 g/mol. The van der Waals surface area contributed by atoms with E-state index in [-0.39, 0.29) is 0 Å². The lowest BCUT2D eigenvalue weighted by molar-refractivity contribution is -0.0360. The molecule has 1 aromatic carbocycles. The number of hydrogen-bond acceptors (Lipinski definition) is 5. The number of halogens is 3. The first-order valence-electron chi connectivity index (χ1n) is 6.49. The first kappa shape index (κ1) is 16.7. The highest BCUT2D eigenvalue weighted by Gasteiger charge is 2.29. The molecule has 120 valence electrons. The van der Waals surface area contributed by atoms with Gasteiger partial charge in [0.05, 0.1) is 24.6 Å². The smallest absolute Gasteiger partial charge is 0.459 e. The highest BCUT2D eigenvalue weighted by Crippen LogP contribution is 2.31. The quantitative estimate of drug-likeness (QED) is 0.515. The summed E-state index contributed by atoms with van der Waals surface area (Å²) in [6, 6.07) is 4.89. The summed E-state index contributed by atoms with van der Waals surface area (Å²) < 4.78 is 41.0. The molecule has 0 fully saturated rings. The SMILES string of the molecule is COC(=O)c1ccc2c(c1)CCCC=C2ONSC(F)(F)F. The number of esters is 1. The minimum absolute atomic E-state index is 0.320. The van der Waals surface area contributed by atoms with Crippen molar-refractivity contribution in [3.8, 4) is 0 Å². The van der Waals surface area contributed by atoms with E-state index < -0.39 is 23.4 Å². The Bertz CT molecular complexity index is 587. The fourth-order valence-electron chi connectivity index (χ4n) is 2.13. The van der Waals surface area contributed by atoms with Crippen LogP contribution in [0.1, 0.15) is 34.3 Å². The maximum Gasteiger partial charge on any atom is 0.459 e. The van der Waals surface area contributed by atoms with Gasteiger partial charge in [0, 0.05) is 5.56 Å². The van der Waals surface area contributed by atoms with Crippen molar-refractivity contribution in [3.05, 3.63) is 41.0 Å². The number of carbonyl (C=O) groups is 1. The van der Waals surface area contributed by atoms with E-state index in [1.54, 1.807) is 24.3 Å². The number of carbonyl (C=O) groups excluding carboxylic acids is 1. The van der Waals surface area contributed by atoms with Crippen molar-refractivity contribution in [2.24, 2.45) is 0 Å². The van der Waals surface area contributed by atoms with Gasteiger partial charge >= 0.3 is 11.5 Å². The largest absolute Gasteiger partial charge is 0.465 e. The predicted octanol–water partition coefficient (Wildman–Crippen LogP) is 3.84. The summed E-state index contributed by atoms with van der Waals surface area (Å²) >= 11 is -0.467. The fourth-order valence-corrected chi connectivity index (χ4v) is 2.36. The van der Waals surface area contributed by atoms with E-state index >= 15 is 0 Å². The molecule has 0 bridgehead atoms. The van der Waals surface area contributed by atoms with Gasteiger partial charge in [0.25, 0.3) is 0 Å². The van der Waals surface area contributed by atoms with E-state index in [0.717, 1.165) is 12.0 Å². The van der Waals surface area contributed by atoms with Crippen molar-refractivity contribution in [3.63, 3.8) is 0 Å². The average molecular weight is 333 g/mol. The molecule has 1 N–H and O–H groups in total. The Kier molecular flexibility index (Phi) is 5.36. The van der Waals surface area contributed by atoms with Crippen molar-refractivity contribution in [1.29, 1.82) is 0 Å². The first-order valence-corrected chi connectivity index (χ1v) is 7.30. The zero-order chi connectivity index (χ0) is 16.2. The van der Waals surface area contributed by atoms with Crippen LogP contribution >= 0.6 is 11.9 Å². The molecule has 0 atom stereocenters. The van der Waals surface area contributed by atoms with Crippen LogP contribution in [0.15, 0.2) is 24.3 Å². The molecule has 0 aliphatic heterocycles. The van der Waals surface area contributed by atoms with E-state index in [2.05, 4.69) is 4.74 Å². The predicted molar refractivity (Wildman–Crippen MR) is 76.6 cm³/mol. The summed E-state index contributed by atoms with van der Waals surface area (Å²) in [6.07, 6.45) is 3.93. The number of nitrogens with one attached hydrogen (secondary N) is 1. The van der Waals surface area contributed by atoms with Crippen molar-refractivity contribution >= 4 is 23.7 Å². The molecule has 0 aromatic heterocycles. The zero-order valence-corrected chi connectivity index (χ0v) is 12.5. The Morgan fingerprint density at radius 1 is 1.36 bits per heavy atom. The summed E-state index contributed by atoms with van der Waals surface area (Å²) in [5, 5.41) is 0. The Labute approximate surface area is 129 Å². The second-order valence-electron chi connectivity index (χ2n) is 4.56. The fraction of sp³-hybridized carbons (Fsp3) is 0.357. The Morgan fingerprint density at radius 2 is 2.14 bits per heavy atom. The summed E-state index contributed by atoms with van der Waals surface area (Å²) in [5.41, 5.74) is -2.52. The van der Waals surface area contributed by atoms with Crippen molar-refractivity contribution in [2.75, 3.05) is 7.11 Å². The van der Waals surface area contributed by atoms with E-state index in [1.165, 1.54) is 7.11 Å². The van der Waals surface area contributed by atoms with Crippen molar-refractivity contribution in [2.45, 2.75) is 24.8 Å². The minimum Gasteiger partial charge on any atom is -0.465 e. The summed E-state index contributed by atoms with van der Waals surface area (Å²) in [7, 11) is 1.29. The normalized spacial score (nSPS) is 14.6. The van der Waals surface area contributed by atoms with Crippen LogP contribution in [0.3, 0.4) is 0 Å². The number of rotatable bonds is 4. The highest BCUT2D eigenvalue weighted by atomic mass is 32.2. The molecular weight excluding hydrogens is 319 g/mol. The Balaban J connectivity index is 2.17. The second-order valence-corrected chi connectivity index (χ2v) is 5.39. The van der Waals surface area contributed by atoms with Crippen LogP contribution in [0.4, 0.5) is 13.2 Å². The van der Waals surface area contributed by atoms with Crippen LogP contribution < -0.4 is 4.89 Å². The maximum atomic E-state index is 12.1. The molecule has 0 heterocycles. The molecule has 0 amide bonds. The Hall–Kier alpha value is -1.67. The first-order chi connectivity index (χ1) is 10.4. The number of hydrogen-bond donors (Lipinski definition) is 1. The second kappa shape index (κ2) is 7.06. The van der Waals surface area contributed by atoms with Gasteiger partial charge in [-0.25, -0.2) is 4.79 Å². The van der Waals surface area contributed by atoms with E-state index in [4.69, 9.17) is 4.84 Å². The molecule has 22 heavy (non-hydrogen) atoms. The summed E-state index contributed by atoms with van der Waals surface area (Å²) in [4.78, 5) is 18.4. The third kappa shape index (κ3) is 4.41. The number of alkyl halides is 3. The zero-order valence-electron chi connectivity index (χ0n) is 11.7. The van der Waals surface area contributed by atoms with Crippen LogP contribution in [-0.4, -0.2) is 18.6 Å². The van der Waals surface area contributed by atoms with Gasteiger partial charge in [-0.2, -0.15) is 13.2 Å². The van der Waals surface area contributed by atoms with Gasteiger partial charge in [-0.15, -0.1) is 0 Å². The Morgan fingerprint density at radius 3 is 2.82 bits per heavy atom. The van der Waals surface area contributed by atoms with Gasteiger partial charge < -0.3 is 9.57 Å². The highest BCUT2D eigenvalue weighted by molar-refractivity contribution is 7.98. The number of aryl methyl sites for hydroxylation is 1. The van der Waals surface area contributed by atoms with Crippen molar-refractivity contribution in [1.82, 2.24) is 4.89 Å². The van der Waals surface area contributed by atoms with Crippen LogP contribution in [0.25, 0.3) is 5.76 Å². The molecule has 4 nitrogen and oxygen atoms in total. The molecule has 1 aliphatic carbocycles. The van der Waals surface area contributed by atoms with Gasteiger partial charge in [-0.3, -0.25) is 0 Å². The molecule has 1 aliphatic rings. The molecule has 0 spiro atoms. The van der Waals surface area contributed by atoms with Gasteiger partial charge in [-0.1, -0.05) is 11.0 Å². The number of allylic oxidation sites excluding steroid dienone is 1. The molecule has 2 rings (SSSR count). The van der Waals surface area contributed by atoms with Crippen LogP contribution in [0, 0.1) is 0 Å². The molecule has 0 saturated carbocycles. The lowest BCUT2D eigenvalue weighted by Crippen LogP contribution is -2.13. The summed E-state index contributed by atoms with van der Waals surface area (Å²) in [6.45, 7) is 0. The lowest BCUT2D eigenvalue weighted by Gasteiger charge is -2.14. The molecule has 1 aromatic rings. The molecular formula is C14H14F3NO3S. The van der Waals surface area contributed by atoms with Crippen LogP contribution in [-0.2, 0) is 16.0 Å². The van der Waals surface area contributed by atoms with Crippen LogP contribution in [0.5, 0.6) is 0 Å². The van der Waals surface area contributed by atoms with Gasteiger partial charge in [0.2, 0.25) is 0 Å². The van der Waals surface area contributed by atoms with Crippen molar-refractivity contribution < 1.29 is 27.5 Å². The van der Waals surface area contributed by atoms with E-state index in [9.17, 15) is 18.0 Å². The average Bonchev–Trinajstić information content (AvgIpc) is 2.67. The standard InChI is InChI=1S/C14H14F3NO3S/c1-20-13(19)10-6-7-11-9(8-10)4-2-3-5-12(11)21-18-22-14(15,16)17/h5-8,18H,2-4H2,1H3. The number of ether oxygens (including phenoxy) is 1. The maximum absolute atomic E-state index is 12.1. The number of benzene rings is 1.